The third-order valence-electron chi connectivity index (χ3n) is 4.75. The molecule has 24 heavy (non-hydrogen) atoms. The lowest BCUT2D eigenvalue weighted by Crippen LogP contribution is -2.41. The van der Waals surface area contributed by atoms with E-state index in [0.29, 0.717) is 6.54 Å². The number of hydrogen-bond acceptors (Lipinski definition) is 2. The van der Waals surface area contributed by atoms with Gasteiger partial charge in [0.1, 0.15) is 0 Å². The van der Waals surface area contributed by atoms with Gasteiger partial charge in [0.25, 0.3) is 0 Å². The van der Waals surface area contributed by atoms with Crippen molar-refractivity contribution in [2.75, 3.05) is 13.6 Å². The average Bonchev–Trinajstić information content (AvgIpc) is 3.23. The van der Waals surface area contributed by atoms with Crippen LogP contribution in [0, 0.1) is 6.92 Å². The molecule has 1 fully saturated rings. The molecule has 0 unspecified atom stereocenters. The number of aryl methyl sites for hydroxylation is 2. The summed E-state index contributed by atoms with van der Waals surface area (Å²) in [6.45, 7) is 3.83. The smallest absolute Gasteiger partial charge is 0.191 e. The molecule has 0 radical (unpaired) electrons. The van der Waals surface area contributed by atoms with Gasteiger partial charge in [-0.15, -0.1) is 24.0 Å². The molecular weight excluding hydrogens is 413 g/mol. The van der Waals surface area contributed by atoms with E-state index in [-0.39, 0.29) is 29.4 Å². The number of nitrogens with zero attached hydrogens (tertiary/aromatic N) is 3. The molecular formula is C18H26IN5. The second-order valence-corrected chi connectivity index (χ2v) is 6.32. The van der Waals surface area contributed by atoms with E-state index >= 15 is 0 Å². The van der Waals surface area contributed by atoms with Crippen LogP contribution in [-0.4, -0.2) is 29.3 Å². The van der Waals surface area contributed by atoms with E-state index in [2.05, 4.69) is 51.9 Å². The first-order valence-electron chi connectivity index (χ1n) is 8.12. The van der Waals surface area contributed by atoms with Crippen molar-refractivity contribution in [3.8, 4) is 0 Å². The van der Waals surface area contributed by atoms with Gasteiger partial charge in [0, 0.05) is 32.3 Å². The molecule has 1 saturated carbocycles. The van der Waals surface area contributed by atoms with Crippen LogP contribution in [0.3, 0.4) is 0 Å². The Kier molecular flexibility index (Phi) is 6.26. The molecule has 0 amide bonds. The largest absolute Gasteiger partial charge is 0.356 e. The minimum absolute atomic E-state index is 0. The van der Waals surface area contributed by atoms with E-state index in [0.717, 1.165) is 18.2 Å². The van der Waals surface area contributed by atoms with Crippen LogP contribution in [0.25, 0.3) is 0 Å². The molecule has 0 aliphatic heterocycles. The fourth-order valence-electron chi connectivity index (χ4n) is 3.08. The van der Waals surface area contributed by atoms with Gasteiger partial charge in [-0.3, -0.25) is 9.67 Å². The maximum Gasteiger partial charge on any atom is 0.191 e. The number of hydrogen-bond donors (Lipinski definition) is 2. The van der Waals surface area contributed by atoms with Crippen LogP contribution in [0.2, 0.25) is 0 Å². The second-order valence-electron chi connectivity index (χ2n) is 6.32. The Balaban J connectivity index is 0.00000208. The van der Waals surface area contributed by atoms with Crippen LogP contribution in [-0.2, 0) is 19.0 Å². The Morgan fingerprint density at radius 1 is 1.25 bits per heavy atom. The van der Waals surface area contributed by atoms with Gasteiger partial charge in [0.05, 0.1) is 12.2 Å². The Bertz CT molecular complexity index is 703. The number of benzene rings is 1. The summed E-state index contributed by atoms with van der Waals surface area (Å²) in [5.41, 5.74) is 4.25. The van der Waals surface area contributed by atoms with Gasteiger partial charge in [-0.2, -0.15) is 5.10 Å². The van der Waals surface area contributed by atoms with Crippen molar-refractivity contribution in [3.63, 3.8) is 0 Å². The van der Waals surface area contributed by atoms with Crippen molar-refractivity contribution in [2.45, 2.75) is 31.7 Å². The van der Waals surface area contributed by atoms with Crippen LogP contribution in [0.5, 0.6) is 0 Å². The Morgan fingerprint density at radius 2 is 2.00 bits per heavy atom. The number of aliphatic imine (C=N–C) groups is 1. The Hall–Kier alpha value is -1.57. The lowest BCUT2D eigenvalue weighted by Gasteiger charge is -2.20. The first-order valence-corrected chi connectivity index (χ1v) is 8.12. The molecule has 0 saturated heterocycles. The number of rotatable bonds is 5. The van der Waals surface area contributed by atoms with E-state index < -0.39 is 0 Å². The van der Waals surface area contributed by atoms with Crippen LogP contribution < -0.4 is 10.6 Å². The molecule has 5 nitrogen and oxygen atoms in total. The van der Waals surface area contributed by atoms with Crippen molar-refractivity contribution < 1.29 is 0 Å². The maximum atomic E-state index is 4.33. The van der Waals surface area contributed by atoms with Gasteiger partial charge < -0.3 is 10.6 Å². The zero-order chi connectivity index (χ0) is 16.3. The predicted octanol–water partition coefficient (Wildman–Crippen LogP) is 2.74. The molecule has 0 spiro atoms. The Labute approximate surface area is 161 Å². The van der Waals surface area contributed by atoms with E-state index in [9.17, 15) is 0 Å². The van der Waals surface area contributed by atoms with Crippen LogP contribution in [0.1, 0.15) is 29.7 Å². The first kappa shape index (κ1) is 18.8. The standard InChI is InChI=1S/C18H25N5.HI/c1-14-6-4-5-7-16(14)18(9-10-18)13-21-17(19-2)20-12-15-8-11-22-23(15)3;/h4-8,11H,9-10,12-13H2,1-3H3,(H2,19,20,21);1H. The molecule has 130 valence electrons. The van der Waals surface area contributed by atoms with Gasteiger partial charge in [-0.1, -0.05) is 24.3 Å². The number of guanidine groups is 1. The van der Waals surface area contributed by atoms with Crippen LogP contribution in [0.15, 0.2) is 41.5 Å². The topological polar surface area (TPSA) is 54.2 Å². The van der Waals surface area contributed by atoms with E-state index in [1.165, 1.54) is 24.0 Å². The van der Waals surface area contributed by atoms with E-state index in [1.54, 1.807) is 0 Å². The van der Waals surface area contributed by atoms with Gasteiger partial charge in [-0.25, -0.2) is 0 Å². The minimum Gasteiger partial charge on any atom is -0.356 e. The fourth-order valence-corrected chi connectivity index (χ4v) is 3.08. The molecule has 2 aromatic rings. The predicted molar refractivity (Wildman–Crippen MR) is 109 cm³/mol. The van der Waals surface area contributed by atoms with Gasteiger partial charge in [0.15, 0.2) is 5.96 Å². The van der Waals surface area contributed by atoms with Gasteiger partial charge >= 0.3 is 0 Å². The highest BCUT2D eigenvalue weighted by Crippen LogP contribution is 2.48. The molecule has 1 aromatic heterocycles. The van der Waals surface area contributed by atoms with Crippen molar-refractivity contribution in [1.82, 2.24) is 20.4 Å². The second kappa shape index (κ2) is 8.00. The highest BCUT2D eigenvalue weighted by atomic mass is 127. The number of nitrogens with one attached hydrogen (secondary N) is 2. The van der Waals surface area contributed by atoms with E-state index in [1.807, 2.05) is 31.0 Å². The summed E-state index contributed by atoms with van der Waals surface area (Å²) < 4.78 is 1.87. The Morgan fingerprint density at radius 3 is 2.58 bits per heavy atom. The molecule has 2 N–H and O–H groups in total. The third kappa shape index (κ3) is 4.09. The van der Waals surface area contributed by atoms with Crippen molar-refractivity contribution in [2.24, 2.45) is 12.0 Å². The quantitative estimate of drug-likeness (QED) is 0.428. The minimum atomic E-state index is 0. The molecule has 1 aromatic carbocycles. The normalized spacial score (nSPS) is 15.5. The van der Waals surface area contributed by atoms with Crippen molar-refractivity contribution in [1.29, 1.82) is 0 Å². The van der Waals surface area contributed by atoms with Crippen molar-refractivity contribution in [3.05, 3.63) is 53.3 Å². The zero-order valence-corrected chi connectivity index (χ0v) is 16.9. The summed E-state index contributed by atoms with van der Waals surface area (Å²) in [7, 11) is 3.76. The lowest BCUT2D eigenvalue weighted by atomic mass is 9.92. The van der Waals surface area contributed by atoms with Crippen molar-refractivity contribution >= 4 is 29.9 Å². The summed E-state index contributed by atoms with van der Waals surface area (Å²) in [6.07, 6.45) is 4.29. The summed E-state index contributed by atoms with van der Waals surface area (Å²) in [5.74, 6) is 0.839. The molecule has 3 rings (SSSR count). The first-order chi connectivity index (χ1) is 11.1. The van der Waals surface area contributed by atoms with Gasteiger partial charge in [-0.05, 0) is 37.0 Å². The SMILES string of the molecule is CN=C(NCc1ccnn1C)NCC1(c2ccccc2C)CC1.I. The molecule has 1 heterocycles. The summed E-state index contributed by atoms with van der Waals surface area (Å²) in [5, 5.41) is 11.0. The van der Waals surface area contributed by atoms with Crippen LogP contribution in [0.4, 0.5) is 0 Å². The third-order valence-corrected chi connectivity index (χ3v) is 4.75. The lowest BCUT2D eigenvalue weighted by molar-refractivity contribution is 0.634. The van der Waals surface area contributed by atoms with E-state index in [4.69, 9.17) is 0 Å². The maximum absolute atomic E-state index is 4.33. The molecule has 0 bridgehead atoms. The number of halogens is 1. The summed E-state index contributed by atoms with van der Waals surface area (Å²) in [4.78, 5) is 4.33. The van der Waals surface area contributed by atoms with Crippen LogP contribution >= 0.6 is 24.0 Å². The fraction of sp³-hybridized carbons (Fsp3) is 0.444. The summed E-state index contributed by atoms with van der Waals surface area (Å²) >= 11 is 0. The monoisotopic (exact) mass is 439 g/mol. The molecule has 6 heteroatoms. The highest BCUT2D eigenvalue weighted by molar-refractivity contribution is 14.0. The highest BCUT2D eigenvalue weighted by Gasteiger charge is 2.44. The molecule has 0 atom stereocenters. The number of aromatic nitrogens is 2. The average molecular weight is 439 g/mol. The van der Waals surface area contributed by atoms with Gasteiger partial charge in [0.2, 0.25) is 0 Å². The molecule has 1 aliphatic rings. The zero-order valence-electron chi connectivity index (χ0n) is 14.5. The summed E-state index contributed by atoms with van der Waals surface area (Å²) in [6, 6.07) is 10.7. The molecule has 1 aliphatic carbocycles.